The van der Waals surface area contributed by atoms with E-state index in [1.165, 1.54) is 0 Å². The zero-order valence-electron chi connectivity index (χ0n) is 6.62. The Bertz CT molecular complexity index is 128. The monoisotopic (exact) mass is 166 g/mol. The molecule has 1 fully saturated rings. The Morgan fingerprint density at radius 3 is 2.36 bits per heavy atom. The molecule has 0 spiro atoms. The Morgan fingerprint density at radius 1 is 1.36 bits per heavy atom. The number of halogens is 3. The molecule has 0 nitrogen and oxygen atoms in total. The second kappa shape index (κ2) is 3.03. The third-order valence-corrected chi connectivity index (χ3v) is 2.27. The molecule has 1 rings (SSSR count). The molecule has 0 aliphatic heterocycles. The van der Waals surface area contributed by atoms with Crippen LogP contribution in [0.5, 0.6) is 0 Å². The smallest absolute Gasteiger partial charge is 0.171 e. The average molecular weight is 166 g/mol. The zero-order chi connectivity index (χ0) is 8.48. The molecule has 1 saturated carbocycles. The third kappa shape index (κ3) is 2.38. The first-order chi connectivity index (χ1) is 5.05. The van der Waals surface area contributed by atoms with Crippen LogP contribution in [-0.2, 0) is 0 Å². The van der Waals surface area contributed by atoms with Crippen LogP contribution in [0.2, 0.25) is 0 Å². The second-order valence-electron chi connectivity index (χ2n) is 3.29. The summed E-state index contributed by atoms with van der Waals surface area (Å²) < 4.78 is 35.8. The Labute approximate surface area is 64.8 Å². The van der Waals surface area contributed by atoms with Gasteiger partial charge in [-0.2, -0.15) is 13.2 Å². The summed E-state index contributed by atoms with van der Waals surface area (Å²) in [6.07, 6.45) is -0.832. The van der Waals surface area contributed by atoms with Crippen LogP contribution in [0.1, 0.15) is 32.6 Å². The summed E-state index contributed by atoms with van der Waals surface area (Å²) in [5.41, 5.74) is 0. The molecule has 0 amide bonds. The minimum Gasteiger partial charge on any atom is -0.171 e. The van der Waals surface area contributed by atoms with Gasteiger partial charge >= 0.3 is 6.18 Å². The molecule has 0 aromatic carbocycles. The molecule has 0 unspecified atom stereocenters. The van der Waals surface area contributed by atoms with Crippen molar-refractivity contribution in [3.63, 3.8) is 0 Å². The summed E-state index contributed by atoms with van der Waals surface area (Å²) in [6.45, 7) is 2.00. The summed E-state index contributed by atoms with van der Waals surface area (Å²) >= 11 is 0. The lowest BCUT2D eigenvalue weighted by Crippen LogP contribution is -2.11. The molecule has 66 valence electrons. The van der Waals surface area contributed by atoms with Crippen molar-refractivity contribution in [3.8, 4) is 0 Å². The highest BCUT2D eigenvalue weighted by Gasteiger charge is 2.54. The van der Waals surface area contributed by atoms with Crippen molar-refractivity contribution in [1.29, 1.82) is 0 Å². The predicted octanol–water partition coefficient (Wildman–Crippen LogP) is 3.38. The summed E-state index contributed by atoms with van der Waals surface area (Å²) in [5, 5.41) is 0. The lowest BCUT2D eigenvalue weighted by Gasteiger charge is -2.03. The first-order valence-corrected chi connectivity index (χ1v) is 4.12. The molecule has 0 N–H and O–H groups in total. The standard InChI is InChI=1S/C8H13F3/c1-2-3-4-6-5-7(6)8(9,10)11/h6-7H,2-5H2,1H3/t6-,7+/m0/s1. The van der Waals surface area contributed by atoms with E-state index in [1.807, 2.05) is 6.92 Å². The second-order valence-corrected chi connectivity index (χ2v) is 3.29. The quantitative estimate of drug-likeness (QED) is 0.603. The number of rotatable bonds is 3. The van der Waals surface area contributed by atoms with E-state index in [4.69, 9.17) is 0 Å². The van der Waals surface area contributed by atoms with Gasteiger partial charge in [-0.25, -0.2) is 0 Å². The highest BCUT2D eigenvalue weighted by atomic mass is 19.4. The Morgan fingerprint density at radius 2 is 2.00 bits per heavy atom. The molecular weight excluding hydrogens is 153 g/mol. The molecule has 2 atom stereocenters. The van der Waals surface area contributed by atoms with Gasteiger partial charge in [0.25, 0.3) is 0 Å². The maximum atomic E-state index is 11.9. The maximum Gasteiger partial charge on any atom is 0.392 e. The summed E-state index contributed by atoms with van der Waals surface area (Å²) in [5.74, 6) is -1.01. The van der Waals surface area contributed by atoms with Crippen LogP contribution in [-0.4, -0.2) is 6.18 Å². The van der Waals surface area contributed by atoms with Crippen molar-refractivity contribution < 1.29 is 13.2 Å². The molecule has 0 heterocycles. The summed E-state index contributed by atoms with van der Waals surface area (Å²) in [6, 6.07) is 0. The highest BCUT2D eigenvalue weighted by molar-refractivity contribution is 4.90. The number of alkyl halides is 3. The molecule has 1 aliphatic carbocycles. The zero-order valence-corrected chi connectivity index (χ0v) is 6.62. The van der Waals surface area contributed by atoms with E-state index in [9.17, 15) is 13.2 Å². The van der Waals surface area contributed by atoms with E-state index >= 15 is 0 Å². The van der Waals surface area contributed by atoms with Gasteiger partial charge in [-0.15, -0.1) is 0 Å². The van der Waals surface area contributed by atoms with E-state index in [0.29, 0.717) is 6.42 Å². The first-order valence-electron chi connectivity index (χ1n) is 4.12. The van der Waals surface area contributed by atoms with Crippen LogP contribution in [0.15, 0.2) is 0 Å². The number of unbranched alkanes of at least 4 members (excludes halogenated alkanes) is 1. The van der Waals surface area contributed by atoms with Crippen LogP contribution in [0, 0.1) is 11.8 Å². The van der Waals surface area contributed by atoms with Crippen molar-refractivity contribution in [3.05, 3.63) is 0 Å². The summed E-state index contributed by atoms with van der Waals surface area (Å²) in [4.78, 5) is 0. The van der Waals surface area contributed by atoms with Crippen molar-refractivity contribution in [2.24, 2.45) is 11.8 Å². The third-order valence-electron chi connectivity index (χ3n) is 2.27. The van der Waals surface area contributed by atoms with Gasteiger partial charge in [0.2, 0.25) is 0 Å². The van der Waals surface area contributed by atoms with E-state index in [-0.39, 0.29) is 5.92 Å². The van der Waals surface area contributed by atoms with Crippen LogP contribution < -0.4 is 0 Å². The average Bonchev–Trinajstić information content (AvgIpc) is 2.60. The minimum absolute atomic E-state index is 0.0463. The summed E-state index contributed by atoms with van der Waals surface area (Å²) in [7, 11) is 0. The van der Waals surface area contributed by atoms with Crippen LogP contribution in [0.4, 0.5) is 13.2 Å². The molecule has 1 aliphatic rings. The molecule has 3 heteroatoms. The van der Waals surface area contributed by atoms with Gasteiger partial charge in [-0.05, 0) is 18.8 Å². The number of hydrogen-bond donors (Lipinski definition) is 0. The van der Waals surface area contributed by atoms with Crippen LogP contribution >= 0.6 is 0 Å². The van der Waals surface area contributed by atoms with E-state index in [2.05, 4.69) is 0 Å². The topological polar surface area (TPSA) is 0 Å². The number of hydrogen-bond acceptors (Lipinski definition) is 0. The Balaban J connectivity index is 2.16. The van der Waals surface area contributed by atoms with E-state index in [0.717, 1.165) is 19.3 Å². The van der Waals surface area contributed by atoms with Gasteiger partial charge in [-0.1, -0.05) is 19.8 Å². The van der Waals surface area contributed by atoms with Crippen molar-refractivity contribution in [2.45, 2.75) is 38.8 Å². The Kier molecular flexibility index (Phi) is 2.45. The Hall–Kier alpha value is -0.210. The molecule has 0 bridgehead atoms. The van der Waals surface area contributed by atoms with Crippen molar-refractivity contribution in [2.75, 3.05) is 0 Å². The fraction of sp³-hybridized carbons (Fsp3) is 1.00. The molecular formula is C8H13F3. The fourth-order valence-corrected chi connectivity index (χ4v) is 1.43. The van der Waals surface area contributed by atoms with Crippen molar-refractivity contribution in [1.82, 2.24) is 0 Å². The molecule has 0 radical (unpaired) electrons. The maximum absolute atomic E-state index is 11.9. The fourth-order valence-electron chi connectivity index (χ4n) is 1.43. The van der Waals surface area contributed by atoms with Gasteiger partial charge in [0, 0.05) is 0 Å². The van der Waals surface area contributed by atoms with Crippen LogP contribution in [0.25, 0.3) is 0 Å². The van der Waals surface area contributed by atoms with Gasteiger partial charge in [0.1, 0.15) is 0 Å². The first kappa shape index (κ1) is 8.88. The minimum atomic E-state index is -3.92. The molecule has 0 saturated heterocycles. The molecule has 11 heavy (non-hydrogen) atoms. The van der Waals surface area contributed by atoms with E-state index in [1.54, 1.807) is 0 Å². The van der Waals surface area contributed by atoms with Gasteiger partial charge in [0.05, 0.1) is 5.92 Å². The van der Waals surface area contributed by atoms with Gasteiger partial charge in [-0.3, -0.25) is 0 Å². The highest BCUT2D eigenvalue weighted by Crippen LogP contribution is 2.52. The van der Waals surface area contributed by atoms with Crippen molar-refractivity contribution >= 4 is 0 Å². The normalized spacial score (nSPS) is 30.5. The lowest BCUT2D eigenvalue weighted by atomic mass is 10.1. The lowest BCUT2D eigenvalue weighted by molar-refractivity contribution is -0.151. The molecule has 0 aromatic heterocycles. The predicted molar refractivity (Wildman–Crippen MR) is 37.2 cm³/mol. The SMILES string of the molecule is CCCC[C@H]1C[C@H]1C(F)(F)F. The van der Waals surface area contributed by atoms with Gasteiger partial charge in [0.15, 0.2) is 0 Å². The van der Waals surface area contributed by atoms with Gasteiger partial charge < -0.3 is 0 Å². The van der Waals surface area contributed by atoms with E-state index < -0.39 is 12.1 Å². The van der Waals surface area contributed by atoms with Crippen LogP contribution in [0.3, 0.4) is 0 Å². The molecule has 0 aromatic rings. The largest absolute Gasteiger partial charge is 0.392 e.